The molecule has 5 heterocycles. The summed E-state index contributed by atoms with van der Waals surface area (Å²) in [5, 5.41) is 11.4. The summed E-state index contributed by atoms with van der Waals surface area (Å²) in [7, 11) is 1.90. The maximum atomic E-state index is 13.9. The van der Waals surface area contributed by atoms with Crippen molar-refractivity contribution in [1.29, 1.82) is 0 Å². The first-order chi connectivity index (χ1) is 16.6. The van der Waals surface area contributed by atoms with E-state index in [1.165, 1.54) is 23.5 Å². The van der Waals surface area contributed by atoms with Gasteiger partial charge in [-0.1, -0.05) is 17.7 Å². The second kappa shape index (κ2) is 8.88. The van der Waals surface area contributed by atoms with Crippen molar-refractivity contribution in [1.82, 2.24) is 25.0 Å². The van der Waals surface area contributed by atoms with Crippen LogP contribution >= 0.6 is 22.9 Å². The third-order valence-corrected chi connectivity index (χ3v) is 7.85. The van der Waals surface area contributed by atoms with Crippen LogP contribution in [-0.2, 0) is 11.8 Å². The van der Waals surface area contributed by atoms with Crippen LogP contribution in [0, 0.1) is 5.82 Å². The molecule has 7 nitrogen and oxygen atoms in total. The standard InChI is InChI=1S/C24H24ClFN6OS/c1-31-8-6-19(30-31)21-20(11-32-15-3-4-16(32)13-33-12-15)28-23(24-27-7-9-34-24)29-22(21)17-5-2-14(26)10-18(17)25/h2,5-10,15-16,22H,3-4,11-13H2,1H3,(H,28,29)/t15?,16?,22-/m0/s1. The molecule has 6 rings (SSSR count). The number of amidine groups is 1. The molecule has 3 aliphatic rings. The third-order valence-electron chi connectivity index (χ3n) is 6.74. The van der Waals surface area contributed by atoms with Crippen molar-refractivity contribution in [3.05, 3.63) is 74.8 Å². The molecule has 2 aromatic heterocycles. The van der Waals surface area contributed by atoms with E-state index in [9.17, 15) is 4.39 Å². The van der Waals surface area contributed by atoms with Gasteiger partial charge in [-0.05, 0) is 31.0 Å². The molecule has 0 amide bonds. The molecule has 0 radical (unpaired) electrons. The highest BCUT2D eigenvalue weighted by Crippen LogP contribution is 2.41. The van der Waals surface area contributed by atoms with Gasteiger partial charge in [-0.2, -0.15) is 5.10 Å². The van der Waals surface area contributed by atoms with E-state index < -0.39 is 6.04 Å². The lowest BCUT2D eigenvalue weighted by Gasteiger charge is -2.37. The van der Waals surface area contributed by atoms with Crippen molar-refractivity contribution >= 4 is 34.3 Å². The Kier molecular flexibility index (Phi) is 5.73. The maximum absolute atomic E-state index is 13.9. The molecular formula is C24H24ClFN6OS. The van der Waals surface area contributed by atoms with Crippen LogP contribution in [0.4, 0.5) is 4.39 Å². The molecule has 176 valence electrons. The number of aromatic nitrogens is 3. The molecular weight excluding hydrogens is 475 g/mol. The Balaban J connectivity index is 1.50. The van der Waals surface area contributed by atoms with Crippen LogP contribution < -0.4 is 5.32 Å². The Morgan fingerprint density at radius 2 is 2.06 bits per heavy atom. The van der Waals surface area contributed by atoms with Crippen LogP contribution in [0.2, 0.25) is 5.02 Å². The predicted octanol–water partition coefficient (Wildman–Crippen LogP) is 4.03. The Morgan fingerprint density at radius 3 is 2.74 bits per heavy atom. The molecule has 3 atom stereocenters. The summed E-state index contributed by atoms with van der Waals surface area (Å²) in [4.78, 5) is 12.1. The van der Waals surface area contributed by atoms with Gasteiger partial charge in [0.1, 0.15) is 11.9 Å². The molecule has 10 heteroatoms. The number of hydrogen-bond acceptors (Lipinski definition) is 7. The number of nitrogens with zero attached hydrogens (tertiary/aromatic N) is 5. The van der Waals surface area contributed by atoms with E-state index in [-0.39, 0.29) is 5.82 Å². The first-order valence-corrected chi connectivity index (χ1v) is 12.6. The fourth-order valence-electron chi connectivity index (χ4n) is 5.13. The fraction of sp³-hybridized carbons (Fsp3) is 0.375. The van der Waals surface area contributed by atoms with Gasteiger partial charge in [0.15, 0.2) is 10.8 Å². The largest absolute Gasteiger partial charge is 0.378 e. The highest BCUT2D eigenvalue weighted by atomic mass is 35.5. The van der Waals surface area contributed by atoms with Gasteiger partial charge in [0, 0.05) is 65.3 Å². The average molecular weight is 499 g/mol. The summed E-state index contributed by atoms with van der Waals surface area (Å²) >= 11 is 8.09. The summed E-state index contributed by atoms with van der Waals surface area (Å²) in [5.41, 5.74) is 3.52. The van der Waals surface area contributed by atoms with Crippen LogP contribution in [-0.4, -0.2) is 57.3 Å². The van der Waals surface area contributed by atoms with E-state index in [1.54, 1.807) is 16.9 Å². The zero-order chi connectivity index (χ0) is 23.2. The molecule has 2 unspecified atom stereocenters. The van der Waals surface area contributed by atoms with Crippen LogP contribution in [0.25, 0.3) is 5.57 Å². The highest BCUT2D eigenvalue weighted by Gasteiger charge is 2.39. The fourth-order valence-corrected chi connectivity index (χ4v) is 5.99. The minimum Gasteiger partial charge on any atom is -0.378 e. The first kappa shape index (κ1) is 21.9. The average Bonchev–Trinajstić information content (AvgIpc) is 3.54. The SMILES string of the molecule is Cn1ccc(C2=C(CN3C4CCC3COC4)NC(c3nccs3)=N[C@H]2c2ccc(F)cc2Cl)n1. The molecule has 2 fully saturated rings. The lowest BCUT2D eigenvalue weighted by atomic mass is 9.92. The second-order valence-electron chi connectivity index (χ2n) is 8.87. The van der Waals surface area contributed by atoms with E-state index in [0.29, 0.717) is 29.5 Å². The molecule has 1 aromatic carbocycles. The van der Waals surface area contributed by atoms with Gasteiger partial charge in [0.2, 0.25) is 0 Å². The van der Waals surface area contributed by atoms with Gasteiger partial charge >= 0.3 is 0 Å². The Bertz CT molecular complexity index is 1260. The summed E-state index contributed by atoms with van der Waals surface area (Å²) < 4.78 is 21.5. The minimum atomic E-state index is -0.447. The van der Waals surface area contributed by atoms with Gasteiger partial charge < -0.3 is 10.1 Å². The zero-order valence-corrected chi connectivity index (χ0v) is 20.2. The molecule has 0 aliphatic carbocycles. The van der Waals surface area contributed by atoms with E-state index in [4.69, 9.17) is 26.4 Å². The number of halogens is 2. The van der Waals surface area contributed by atoms with Crippen molar-refractivity contribution in [2.75, 3.05) is 19.8 Å². The molecule has 3 aliphatic heterocycles. The monoisotopic (exact) mass is 498 g/mol. The molecule has 0 saturated carbocycles. The summed E-state index contributed by atoms with van der Waals surface area (Å²) in [6.07, 6.45) is 5.96. The summed E-state index contributed by atoms with van der Waals surface area (Å²) in [6.45, 7) is 2.22. The Labute approximate surface area is 205 Å². The van der Waals surface area contributed by atoms with E-state index in [2.05, 4.69) is 15.2 Å². The Morgan fingerprint density at radius 1 is 1.24 bits per heavy atom. The van der Waals surface area contributed by atoms with Gasteiger partial charge in [-0.25, -0.2) is 9.37 Å². The number of hydrogen-bond donors (Lipinski definition) is 1. The van der Waals surface area contributed by atoms with Crippen LogP contribution in [0.15, 0.2) is 52.7 Å². The molecule has 1 N–H and O–H groups in total. The van der Waals surface area contributed by atoms with Gasteiger partial charge in [-0.3, -0.25) is 14.6 Å². The van der Waals surface area contributed by atoms with Gasteiger partial charge in [0.05, 0.1) is 18.9 Å². The number of ether oxygens (including phenoxy) is 1. The van der Waals surface area contributed by atoms with Crippen molar-refractivity contribution in [3.63, 3.8) is 0 Å². The van der Waals surface area contributed by atoms with E-state index in [1.807, 2.05) is 24.7 Å². The normalized spacial score (nSPS) is 24.9. The predicted molar refractivity (Wildman–Crippen MR) is 130 cm³/mol. The summed E-state index contributed by atoms with van der Waals surface area (Å²) in [5.74, 6) is 0.316. The van der Waals surface area contributed by atoms with Crippen molar-refractivity contribution in [2.24, 2.45) is 12.0 Å². The summed E-state index contributed by atoms with van der Waals surface area (Å²) in [6, 6.07) is 6.82. The number of aliphatic imine (C=N–C) groups is 1. The van der Waals surface area contributed by atoms with E-state index in [0.717, 1.165) is 53.6 Å². The molecule has 34 heavy (non-hydrogen) atoms. The van der Waals surface area contributed by atoms with Crippen molar-refractivity contribution < 1.29 is 9.13 Å². The third kappa shape index (κ3) is 3.96. The topological polar surface area (TPSA) is 67.6 Å². The van der Waals surface area contributed by atoms with Crippen LogP contribution in [0.5, 0.6) is 0 Å². The number of rotatable bonds is 5. The molecule has 2 bridgehead atoms. The number of thiazole rings is 1. The van der Waals surface area contributed by atoms with Gasteiger partial charge in [-0.15, -0.1) is 11.3 Å². The lowest BCUT2D eigenvalue weighted by molar-refractivity contribution is -0.0100. The molecule has 3 aromatic rings. The number of aryl methyl sites for hydroxylation is 1. The second-order valence-corrected chi connectivity index (χ2v) is 10.2. The quantitative estimate of drug-likeness (QED) is 0.575. The number of morpholine rings is 1. The van der Waals surface area contributed by atoms with Gasteiger partial charge in [0.25, 0.3) is 0 Å². The highest BCUT2D eigenvalue weighted by molar-refractivity contribution is 7.11. The lowest BCUT2D eigenvalue weighted by Crippen LogP contribution is -2.48. The van der Waals surface area contributed by atoms with Crippen molar-refractivity contribution in [2.45, 2.75) is 31.0 Å². The molecule has 0 spiro atoms. The molecule has 2 saturated heterocycles. The maximum Gasteiger partial charge on any atom is 0.163 e. The smallest absolute Gasteiger partial charge is 0.163 e. The number of fused-ring (bicyclic) bond motifs is 2. The number of benzene rings is 1. The van der Waals surface area contributed by atoms with Crippen LogP contribution in [0.1, 0.15) is 35.1 Å². The number of nitrogens with one attached hydrogen (secondary N) is 1. The zero-order valence-electron chi connectivity index (χ0n) is 18.6. The first-order valence-electron chi connectivity index (χ1n) is 11.3. The minimum absolute atomic E-state index is 0.341. The Hall–Kier alpha value is -2.59. The van der Waals surface area contributed by atoms with Crippen molar-refractivity contribution in [3.8, 4) is 0 Å². The van der Waals surface area contributed by atoms with Crippen LogP contribution in [0.3, 0.4) is 0 Å². The van der Waals surface area contributed by atoms with E-state index >= 15 is 0 Å².